The summed E-state index contributed by atoms with van der Waals surface area (Å²) in [4.78, 5) is 24.5. The molecule has 0 fully saturated rings. The number of hydrogen-bond acceptors (Lipinski definition) is 3. The molecule has 0 aliphatic carbocycles. The summed E-state index contributed by atoms with van der Waals surface area (Å²) in [5, 5.41) is 6.80. The predicted molar refractivity (Wildman–Crippen MR) is 112 cm³/mol. The number of nitrogens with one attached hydrogen (secondary N) is 2. The molecule has 0 bridgehead atoms. The first-order valence-corrected chi connectivity index (χ1v) is 9.01. The number of benzene rings is 3. The number of halogens is 1. The third-order valence-corrected chi connectivity index (χ3v) is 4.30. The minimum absolute atomic E-state index is 0.0337. The van der Waals surface area contributed by atoms with E-state index < -0.39 is 11.7 Å². The quantitative estimate of drug-likeness (QED) is 0.497. The number of hydrazone groups is 1. The van der Waals surface area contributed by atoms with Gasteiger partial charge in [0.2, 0.25) is 0 Å². The van der Waals surface area contributed by atoms with Crippen LogP contribution >= 0.6 is 0 Å². The molecule has 3 aromatic rings. The summed E-state index contributed by atoms with van der Waals surface area (Å²) in [7, 11) is 0. The average Bonchev–Trinajstić information content (AvgIpc) is 2.72. The smallest absolute Gasteiger partial charge is 0.271 e. The van der Waals surface area contributed by atoms with E-state index in [2.05, 4.69) is 15.8 Å². The average molecular weight is 389 g/mol. The van der Waals surface area contributed by atoms with E-state index in [9.17, 15) is 14.0 Å². The highest BCUT2D eigenvalue weighted by atomic mass is 19.1. The summed E-state index contributed by atoms with van der Waals surface area (Å²) in [6.45, 7) is 3.69. The number of nitrogens with zero attached hydrogens (tertiary/aromatic N) is 1. The van der Waals surface area contributed by atoms with Gasteiger partial charge in [-0.25, -0.2) is 9.82 Å². The Kier molecular flexibility index (Phi) is 6.14. The Morgan fingerprint density at radius 3 is 2.31 bits per heavy atom. The molecule has 0 aliphatic rings. The molecule has 29 heavy (non-hydrogen) atoms. The summed E-state index contributed by atoms with van der Waals surface area (Å²) in [5.74, 6) is -1.44. The molecule has 5 nitrogen and oxygen atoms in total. The van der Waals surface area contributed by atoms with Gasteiger partial charge in [0, 0.05) is 11.3 Å². The van der Waals surface area contributed by atoms with E-state index in [1.807, 2.05) is 19.1 Å². The van der Waals surface area contributed by atoms with E-state index in [0.717, 1.165) is 5.56 Å². The lowest BCUT2D eigenvalue weighted by atomic mass is 10.1. The fraction of sp³-hybridized carbons (Fsp3) is 0.0870. The lowest BCUT2D eigenvalue weighted by molar-refractivity contribution is 0.0954. The Bertz CT molecular complexity index is 1080. The first kappa shape index (κ1) is 19.9. The number of carbonyl (C=O) groups excluding carboxylic acids is 2. The van der Waals surface area contributed by atoms with Crippen molar-refractivity contribution in [1.82, 2.24) is 5.43 Å². The molecule has 0 spiro atoms. The minimum atomic E-state index is -0.585. The highest BCUT2D eigenvalue weighted by Gasteiger charge is 2.11. The van der Waals surface area contributed by atoms with E-state index in [4.69, 9.17) is 0 Å². The van der Waals surface area contributed by atoms with Crippen LogP contribution in [0.1, 0.15) is 38.8 Å². The van der Waals surface area contributed by atoms with Crippen molar-refractivity contribution in [3.8, 4) is 0 Å². The summed E-state index contributed by atoms with van der Waals surface area (Å²) in [6, 6.07) is 19.9. The second-order valence-electron chi connectivity index (χ2n) is 6.52. The second kappa shape index (κ2) is 8.93. The zero-order chi connectivity index (χ0) is 20.8. The maximum atomic E-state index is 13.8. The van der Waals surface area contributed by atoms with Crippen LogP contribution in [0.3, 0.4) is 0 Å². The normalized spacial score (nSPS) is 11.1. The SMILES string of the molecule is CC(=NNC(=O)c1ccc(C)cc1)c1cccc(NC(=O)c2ccccc2F)c1. The number of aryl methyl sites for hydroxylation is 1. The highest BCUT2D eigenvalue weighted by Crippen LogP contribution is 2.15. The molecule has 0 unspecified atom stereocenters. The molecule has 0 heterocycles. The van der Waals surface area contributed by atoms with Gasteiger partial charge in [-0.2, -0.15) is 5.10 Å². The van der Waals surface area contributed by atoms with Crippen molar-refractivity contribution in [3.63, 3.8) is 0 Å². The maximum Gasteiger partial charge on any atom is 0.271 e. The zero-order valence-electron chi connectivity index (χ0n) is 16.1. The van der Waals surface area contributed by atoms with Gasteiger partial charge >= 0.3 is 0 Å². The van der Waals surface area contributed by atoms with Crippen molar-refractivity contribution in [2.75, 3.05) is 5.32 Å². The standard InChI is InChI=1S/C23H20FN3O2/c1-15-10-12-17(13-11-15)22(28)27-26-16(2)18-6-5-7-19(14-18)25-23(29)20-8-3-4-9-21(20)24/h3-14H,1-2H3,(H,25,29)(H,27,28). The fourth-order valence-corrected chi connectivity index (χ4v) is 2.63. The molecular formula is C23H20FN3O2. The molecule has 6 heteroatoms. The number of amides is 2. The van der Waals surface area contributed by atoms with Gasteiger partial charge < -0.3 is 5.32 Å². The largest absolute Gasteiger partial charge is 0.322 e. The van der Waals surface area contributed by atoms with E-state index in [1.54, 1.807) is 49.4 Å². The van der Waals surface area contributed by atoms with Gasteiger partial charge in [0.25, 0.3) is 11.8 Å². The van der Waals surface area contributed by atoms with Crippen LogP contribution in [0.15, 0.2) is 77.9 Å². The number of carbonyl (C=O) groups is 2. The van der Waals surface area contributed by atoms with Gasteiger partial charge in [0.05, 0.1) is 11.3 Å². The van der Waals surface area contributed by atoms with Gasteiger partial charge in [-0.15, -0.1) is 0 Å². The Balaban J connectivity index is 1.70. The van der Waals surface area contributed by atoms with Crippen LogP contribution in [0.5, 0.6) is 0 Å². The van der Waals surface area contributed by atoms with E-state index in [-0.39, 0.29) is 11.5 Å². The molecule has 3 rings (SSSR count). The van der Waals surface area contributed by atoms with Crippen molar-refractivity contribution in [2.24, 2.45) is 5.10 Å². The first-order valence-electron chi connectivity index (χ1n) is 9.01. The molecule has 3 aromatic carbocycles. The van der Waals surface area contributed by atoms with Crippen molar-refractivity contribution >= 4 is 23.2 Å². The van der Waals surface area contributed by atoms with Gasteiger partial charge in [-0.1, -0.05) is 42.0 Å². The van der Waals surface area contributed by atoms with Crippen molar-refractivity contribution < 1.29 is 14.0 Å². The lowest BCUT2D eigenvalue weighted by Gasteiger charge is -2.08. The van der Waals surface area contributed by atoms with Crippen LogP contribution in [0.25, 0.3) is 0 Å². The number of hydrogen-bond donors (Lipinski definition) is 2. The maximum absolute atomic E-state index is 13.8. The zero-order valence-corrected chi connectivity index (χ0v) is 16.1. The Morgan fingerprint density at radius 1 is 0.862 bits per heavy atom. The van der Waals surface area contributed by atoms with E-state index >= 15 is 0 Å². The molecule has 0 aromatic heterocycles. The van der Waals surface area contributed by atoms with Crippen LogP contribution in [-0.2, 0) is 0 Å². The molecule has 0 aliphatic heterocycles. The van der Waals surface area contributed by atoms with Crippen molar-refractivity contribution in [3.05, 3.63) is 101 Å². The Morgan fingerprint density at radius 2 is 1.59 bits per heavy atom. The molecule has 0 radical (unpaired) electrons. The van der Waals surface area contributed by atoms with Crippen molar-refractivity contribution in [1.29, 1.82) is 0 Å². The van der Waals surface area contributed by atoms with Crippen LogP contribution in [0, 0.1) is 12.7 Å². The van der Waals surface area contributed by atoms with Crippen LogP contribution in [0.2, 0.25) is 0 Å². The van der Waals surface area contributed by atoms with Gasteiger partial charge in [0.15, 0.2) is 0 Å². The summed E-state index contributed by atoms with van der Waals surface area (Å²) in [5.41, 5.74) is 5.83. The molecule has 0 saturated heterocycles. The van der Waals surface area contributed by atoms with Crippen molar-refractivity contribution in [2.45, 2.75) is 13.8 Å². The predicted octanol–water partition coefficient (Wildman–Crippen LogP) is 4.54. The van der Waals surface area contributed by atoms with Gasteiger partial charge in [0.1, 0.15) is 5.82 Å². The Labute approximate surface area is 168 Å². The lowest BCUT2D eigenvalue weighted by Crippen LogP contribution is -2.19. The molecule has 0 atom stereocenters. The third-order valence-electron chi connectivity index (χ3n) is 4.30. The summed E-state index contributed by atoms with van der Waals surface area (Å²) in [6.07, 6.45) is 0. The molecule has 146 valence electrons. The van der Waals surface area contributed by atoms with Crippen LogP contribution in [0.4, 0.5) is 10.1 Å². The molecule has 2 N–H and O–H groups in total. The monoisotopic (exact) mass is 389 g/mol. The third kappa shape index (κ3) is 5.13. The summed E-state index contributed by atoms with van der Waals surface area (Å²) >= 11 is 0. The van der Waals surface area contributed by atoms with E-state index in [1.165, 1.54) is 18.2 Å². The van der Waals surface area contributed by atoms with Crippen LogP contribution < -0.4 is 10.7 Å². The second-order valence-corrected chi connectivity index (χ2v) is 6.52. The van der Waals surface area contributed by atoms with Gasteiger partial charge in [-0.3, -0.25) is 9.59 Å². The molecule has 2 amide bonds. The minimum Gasteiger partial charge on any atom is -0.322 e. The number of anilines is 1. The molecular weight excluding hydrogens is 369 g/mol. The number of rotatable bonds is 5. The molecule has 0 saturated carbocycles. The van der Waals surface area contributed by atoms with Crippen LogP contribution in [-0.4, -0.2) is 17.5 Å². The topological polar surface area (TPSA) is 70.6 Å². The Hall–Kier alpha value is -3.80. The fourth-order valence-electron chi connectivity index (χ4n) is 2.63. The summed E-state index contributed by atoms with van der Waals surface area (Å²) < 4.78 is 13.8. The highest BCUT2D eigenvalue weighted by molar-refractivity contribution is 6.06. The van der Waals surface area contributed by atoms with Gasteiger partial charge in [-0.05, 0) is 55.8 Å². The first-order chi connectivity index (χ1) is 13.9. The van der Waals surface area contributed by atoms with E-state index in [0.29, 0.717) is 22.5 Å².